The van der Waals surface area contributed by atoms with Gasteiger partial charge in [-0.15, -0.1) is 15.3 Å². The summed E-state index contributed by atoms with van der Waals surface area (Å²) in [4.78, 5) is 4.66. The highest BCUT2D eigenvalue weighted by Gasteiger charge is 2.20. The lowest BCUT2D eigenvalue weighted by Crippen LogP contribution is -2.46. The van der Waals surface area contributed by atoms with E-state index in [9.17, 15) is 4.39 Å². The zero-order valence-corrected chi connectivity index (χ0v) is 17.0. The first-order valence-electron chi connectivity index (χ1n) is 9.86. The number of fused-ring (bicyclic) bond motifs is 1. The average Bonchev–Trinajstić information content (AvgIpc) is 3.19. The van der Waals surface area contributed by atoms with Gasteiger partial charge in [-0.05, 0) is 42.0 Å². The SMILES string of the molecule is Fc1ccccc1-c1nnc2ccc(N3CCN(Cc4ccc(Cl)cc4)CC3)nn12. The number of nitrogens with zero attached hydrogens (tertiary/aromatic N) is 6. The van der Waals surface area contributed by atoms with Gasteiger partial charge in [0.05, 0.1) is 5.56 Å². The lowest BCUT2D eigenvalue weighted by molar-refractivity contribution is 0.249. The van der Waals surface area contributed by atoms with Crippen LogP contribution in [0.5, 0.6) is 0 Å². The Labute approximate surface area is 178 Å². The molecule has 0 N–H and O–H groups in total. The molecule has 0 aliphatic carbocycles. The minimum atomic E-state index is -0.338. The van der Waals surface area contributed by atoms with Crippen molar-refractivity contribution in [2.45, 2.75) is 6.54 Å². The molecule has 1 aliphatic rings. The monoisotopic (exact) mass is 422 g/mol. The Bertz CT molecular complexity index is 1170. The lowest BCUT2D eigenvalue weighted by atomic mass is 10.2. The maximum absolute atomic E-state index is 14.2. The molecule has 5 rings (SSSR count). The van der Waals surface area contributed by atoms with E-state index in [1.165, 1.54) is 11.6 Å². The second-order valence-corrected chi connectivity index (χ2v) is 7.79. The number of piperazine rings is 1. The lowest BCUT2D eigenvalue weighted by Gasteiger charge is -2.35. The summed E-state index contributed by atoms with van der Waals surface area (Å²) in [6.45, 7) is 4.50. The van der Waals surface area contributed by atoms with Crippen LogP contribution in [-0.4, -0.2) is 50.9 Å². The van der Waals surface area contributed by atoms with Crippen LogP contribution in [0.2, 0.25) is 5.02 Å². The highest BCUT2D eigenvalue weighted by atomic mass is 35.5. The Morgan fingerprint density at radius 1 is 0.867 bits per heavy atom. The molecular formula is C22H20ClFN6. The number of rotatable bonds is 4. The summed E-state index contributed by atoms with van der Waals surface area (Å²) in [6, 6.07) is 18.4. The van der Waals surface area contributed by atoms with Gasteiger partial charge in [0, 0.05) is 37.7 Å². The zero-order valence-electron chi connectivity index (χ0n) is 16.2. The van der Waals surface area contributed by atoms with Gasteiger partial charge in [0.1, 0.15) is 11.6 Å². The Morgan fingerprint density at radius 3 is 2.40 bits per heavy atom. The molecule has 152 valence electrons. The average molecular weight is 423 g/mol. The molecule has 1 saturated heterocycles. The molecule has 2 aromatic carbocycles. The molecule has 4 aromatic rings. The summed E-state index contributed by atoms with van der Waals surface area (Å²) in [5.41, 5.74) is 2.24. The van der Waals surface area contributed by atoms with Crippen molar-refractivity contribution in [2.75, 3.05) is 31.1 Å². The van der Waals surface area contributed by atoms with Crippen LogP contribution < -0.4 is 4.90 Å². The fraction of sp³-hybridized carbons (Fsp3) is 0.227. The van der Waals surface area contributed by atoms with Gasteiger partial charge in [0.2, 0.25) is 0 Å². The number of aromatic nitrogens is 4. The molecule has 0 unspecified atom stereocenters. The predicted molar refractivity (Wildman–Crippen MR) is 115 cm³/mol. The van der Waals surface area contributed by atoms with E-state index in [2.05, 4.69) is 32.1 Å². The van der Waals surface area contributed by atoms with E-state index in [0.717, 1.165) is 43.6 Å². The largest absolute Gasteiger partial charge is 0.353 e. The predicted octanol–water partition coefficient (Wildman–Crippen LogP) is 3.91. The van der Waals surface area contributed by atoms with Crippen LogP contribution >= 0.6 is 11.6 Å². The van der Waals surface area contributed by atoms with Gasteiger partial charge in [-0.3, -0.25) is 4.90 Å². The fourth-order valence-electron chi connectivity index (χ4n) is 3.74. The Kier molecular flexibility index (Phi) is 5.06. The number of benzene rings is 2. The summed E-state index contributed by atoms with van der Waals surface area (Å²) in [5, 5.41) is 13.8. The third-order valence-corrected chi connectivity index (χ3v) is 5.63. The van der Waals surface area contributed by atoms with Crippen LogP contribution in [0.3, 0.4) is 0 Å². The van der Waals surface area contributed by atoms with Crippen molar-refractivity contribution in [1.82, 2.24) is 24.7 Å². The minimum Gasteiger partial charge on any atom is -0.353 e. The quantitative estimate of drug-likeness (QED) is 0.499. The Morgan fingerprint density at radius 2 is 1.63 bits per heavy atom. The number of halogens is 2. The summed E-state index contributed by atoms with van der Waals surface area (Å²) < 4.78 is 15.9. The third kappa shape index (κ3) is 3.74. The van der Waals surface area contributed by atoms with Crippen LogP contribution in [-0.2, 0) is 6.54 Å². The van der Waals surface area contributed by atoms with Crippen molar-refractivity contribution in [3.8, 4) is 11.4 Å². The molecular weight excluding hydrogens is 403 g/mol. The van der Waals surface area contributed by atoms with Crippen molar-refractivity contribution in [3.63, 3.8) is 0 Å². The fourth-order valence-corrected chi connectivity index (χ4v) is 3.87. The first kappa shape index (κ1) is 19.0. The summed E-state index contributed by atoms with van der Waals surface area (Å²) >= 11 is 5.97. The summed E-state index contributed by atoms with van der Waals surface area (Å²) in [6.07, 6.45) is 0. The highest BCUT2D eigenvalue weighted by Crippen LogP contribution is 2.23. The van der Waals surface area contributed by atoms with Crippen LogP contribution in [0.1, 0.15) is 5.56 Å². The van der Waals surface area contributed by atoms with Crippen molar-refractivity contribution in [1.29, 1.82) is 0 Å². The van der Waals surface area contributed by atoms with Gasteiger partial charge in [-0.2, -0.15) is 4.52 Å². The molecule has 30 heavy (non-hydrogen) atoms. The van der Waals surface area contributed by atoms with Crippen molar-refractivity contribution in [3.05, 3.63) is 77.1 Å². The van der Waals surface area contributed by atoms with Crippen LogP contribution in [0.25, 0.3) is 17.0 Å². The van der Waals surface area contributed by atoms with Gasteiger partial charge < -0.3 is 4.90 Å². The van der Waals surface area contributed by atoms with E-state index < -0.39 is 0 Å². The van der Waals surface area contributed by atoms with E-state index in [1.807, 2.05) is 24.3 Å². The maximum atomic E-state index is 14.2. The normalized spacial score (nSPS) is 15.1. The van der Waals surface area contributed by atoms with Crippen molar-refractivity contribution in [2.24, 2.45) is 0 Å². The molecule has 2 aromatic heterocycles. The van der Waals surface area contributed by atoms with Crippen molar-refractivity contribution < 1.29 is 4.39 Å². The molecule has 0 saturated carbocycles. The van der Waals surface area contributed by atoms with Gasteiger partial charge in [-0.1, -0.05) is 35.9 Å². The molecule has 8 heteroatoms. The molecule has 0 radical (unpaired) electrons. The number of hydrogen-bond acceptors (Lipinski definition) is 5. The second kappa shape index (κ2) is 8.01. The van der Waals surface area contributed by atoms with E-state index in [1.54, 1.807) is 22.7 Å². The van der Waals surface area contributed by atoms with E-state index in [4.69, 9.17) is 16.7 Å². The molecule has 0 amide bonds. The van der Waals surface area contributed by atoms with Crippen LogP contribution in [0.15, 0.2) is 60.7 Å². The maximum Gasteiger partial charge on any atom is 0.188 e. The van der Waals surface area contributed by atoms with Gasteiger partial charge in [0.15, 0.2) is 11.5 Å². The Balaban J connectivity index is 1.33. The number of anilines is 1. The molecule has 0 atom stereocenters. The number of hydrogen-bond donors (Lipinski definition) is 0. The van der Waals surface area contributed by atoms with E-state index >= 15 is 0 Å². The first-order chi connectivity index (χ1) is 14.7. The topological polar surface area (TPSA) is 49.6 Å². The third-order valence-electron chi connectivity index (χ3n) is 5.38. The molecule has 1 aliphatic heterocycles. The van der Waals surface area contributed by atoms with Crippen molar-refractivity contribution >= 4 is 23.1 Å². The van der Waals surface area contributed by atoms with Crippen LogP contribution in [0.4, 0.5) is 10.2 Å². The van der Waals surface area contributed by atoms with Gasteiger partial charge in [0.25, 0.3) is 0 Å². The summed E-state index contributed by atoms with van der Waals surface area (Å²) in [7, 11) is 0. The smallest absolute Gasteiger partial charge is 0.188 e. The molecule has 3 heterocycles. The first-order valence-corrected chi connectivity index (χ1v) is 10.2. The van der Waals surface area contributed by atoms with E-state index in [0.29, 0.717) is 17.0 Å². The minimum absolute atomic E-state index is 0.338. The van der Waals surface area contributed by atoms with Gasteiger partial charge >= 0.3 is 0 Å². The standard InChI is InChI=1S/C22H20ClFN6/c23-17-7-5-16(6-8-17)15-28-11-13-29(14-12-28)21-10-9-20-25-26-22(30(20)27-21)18-3-1-2-4-19(18)24/h1-10H,11-15H2. The summed E-state index contributed by atoms with van der Waals surface area (Å²) in [5.74, 6) is 0.909. The molecule has 0 bridgehead atoms. The Hall–Kier alpha value is -3.03. The highest BCUT2D eigenvalue weighted by molar-refractivity contribution is 6.30. The van der Waals surface area contributed by atoms with Crippen LogP contribution in [0, 0.1) is 5.82 Å². The zero-order chi connectivity index (χ0) is 20.5. The molecule has 0 spiro atoms. The van der Waals surface area contributed by atoms with E-state index in [-0.39, 0.29) is 5.82 Å². The van der Waals surface area contributed by atoms with Gasteiger partial charge in [-0.25, -0.2) is 4.39 Å². The molecule has 1 fully saturated rings. The molecule has 6 nitrogen and oxygen atoms in total. The second-order valence-electron chi connectivity index (χ2n) is 7.35.